The van der Waals surface area contributed by atoms with Crippen molar-refractivity contribution in [1.29, 1.82) is 0 Å². The van der Waals surface area contributed by atoms with Gasteiger partial charge in [0, 0.05) is 13.1 Å². The first-order valence-electron chi connectivity index (χ1n) is 7.22. The predicted octanol–water partition coefficient (Wildman–Crippen LogP) is 1.97. The maximum Gasteiger partial charge on any atom is 0.335 e. The van der Waals surface area contributed by atoms with Crippen molar-refractivity contribution in [3.63, 3.8) is 0 Å². The number of hydrazine groups is 1. The van der Waals surface area contributed by atoms with Crippen LogP contribution < -0.4 is 16.0 Å². The molecule has 1 aromatic heterocycles. The lowest BCUT2D eigenvalue weighted by molar-refractivity contribution is 0.0963. The van der Waals surface area contributed by atoms with Crippen LogP contribution in [-0.2, 0) is 0 Å². The first-order valence-corrected chi connectivity index (χ1v) is 7.22. The van der Waals surface area contributed by atoms with E-state index in [0.717, 1.165) is 17.1 Å². The van der Waals surface area contributed by atoms with Gasteiger partial charge in [-0.05, 0) is 25.1 Å². The van der Waals surface area contributed by atoms with Crippen molar-refractivity contribution in [2.24, 2.45) is 0 Å². The van der Waals surface area contributed by atoms with Gasteiger partial charge in [-0.2, -0.15) is 0 Å². The van der Waals surface area contributed by atoms with Gasteiger partial charge in [0.25, 0.3) is 5.91 Å². The zero-order chi connectivity index (χ0) is 16.4. The highest BCUT2D eigenvalue weighted by Gasteiger charge is 2.26. The van der Waals surface area contributed by atoms with E-state index in [-0.39, 0.29) is 5.91 Å². The van der Waals surface area contributed by atoms with Crippen LogP contribution in [0.3, 0.4) is 0 Å². The van der Waals surface area contributed by atoms with Gasteiger partial charge in [0.05, 0.1) is 29.2 Å². The van der Waals surface area contributed by atoms with Gasteiger partial charge < -0.3 is 9.73 Å². The number of anilines is 1. The average Bonchev–Trinajstić information content (AvgIpc) is 2.85. The van der Waals surface area contributed by atoms with Crippen LogP contribution in [0, 0.1) is 0 Å². The predicted molar refractivity (Wildman–Crippen MR) is 86.7 cm³/mol. The highest BCUT2D eigenvalue weighted by molar-refractivity contribution is 5.95. The molecule has 6 heteroatoms. The van der Waals surface area contributed by atoms with Crippen molar-refractivity contribution in [2.75, 3.05) is 18.6 Å². The van der Waals surface area contributed by atoms with Gasteiger partial charge in [0.2, 0.25) is 0 Å². The summed E-state index contributed by atoms with van der Waals surface area (Å²) in [5.74, 6) is -0.300. The number of para-hydroxylation sites is 1. The molecule has 6 nitrogen and oxygen atoms in total. The molecule has 1 aromatic carbocycles. The minimum atomic E-state index is -0.479. The molecule has 1 amide bonds. The summed E-state index contributed by atoms with van der Waals surface area (Å²) in [5.41, 5.74) is 2.65. The van der Waals surface area contributed by atoms with Gasteiger partial charge in [-0.25, -0.2) is 4.79 Å². The Morgan fingerprint density at radius 2 is 1.91 bits per heavy atom. The third kappa shape index (κ3) is 2.96. The number of hydrogen-bond donors (Lipinski definition) is 1. The summed E-state index contributed by atoms with van der Waals surface area (Å²) in [5, 5.41) is 6.95. The van der Waals surface area contributed by atoms with Crippen molar-refractivity contribution in [1.82, 2.24) is 10.3 Å². The quantitative estimate of drug-likeness (QED) is 0.939. The second-order valence-corrected chi connectivity index (χ2v) is 5.28. The van der Waals surface area contributed by atoms with Gasteiger partial charge in [0.1, 0.15) is 6.26 Å². The summed E-state index contributed by atoms with van der Waals surface area (Å²) >= 11 is 0. The van der Waals surface area contributed by atoms with Crippen LogP contribution in [0.5, 0.6) is 0 Å². The molecule has 1 aliphatic rings. The van der Waals surface area contributed by atoms with E-state index >= 15 is 0 Å². The molecule has 0 spiro atoms. The molecule has 2 aromatic rings. The minimum absolute atomic E-state index is 0.300. The summed E-state index contributed by atoms with van der Waals surface area (Å²) in [6, 6.07) is 12.6. The molecule has 1 aliphatic heterocycles. The topological polar surface area (TPSA) is 65.8 Å². The molecular weight excluding hydrogens is 294 g/mol. The van der Waals surface area contributed by atoms with Gasteiger partial charge in [-0.3, -0.25) is 14.8 Å². The van der Waals surface area contributed by atoms with E-state index in [0.29, 0.717) is 12.1 Å². The van der Waals surface area contributed by atoms with Crippen molar-refractivity contribution in [2.45, 2.75) is 6.92 Å². The molecule has 0 saturated heterocycles. The molecule has 0 atom stereocenters. The molecule has 1 N–H and O–H groups in total. The van der Waals surface area contributed by atoms with Gasteiger partial charge in [-0.15, -0.1) is 0 Å². The third-order valence-electron chi connectivity index (χ3n) is 3.87. The van der Waals surface area contributed by atoms with Gasteiger partial charge in [0.15, 0.2) is 0 Å². The Labute approximate surface area is 133 Å². The summed E-state index contributed by atoms with van der Waals surface area (Å²) < 4.78 is 4.73. The number of rotatable bonds is 3. The smallest absolute Gasteiger partial charge is 0.335 e. The Kier molecular flexibility index (Phi) is 3.89. The lowest BCUT2D eigenvalue weighted by Gasteiger charge is -2.29. The normalized spacial score (nSPS) is 14.3. The molecule has 23 heavy (non-hydrogen) atoms. The summed E-state index contributed by atoms with van der Waals surface area (Å²) in [6.07, 6.45) is 1.17. The van der Waals surface area contributed by atoms with Crippen LogP contribution in [0.15, 0.2) is 69.3 Å². The Balaban J connectivity index is 1.77. The molecule has 118 valence electrons. The number of nitrogens with one attached hydrogen (secondary N) is 1. The first kappa shape index (κ1) is 14.9. The van der Waals surface area contributed by atoms with Crippen molar-refractivity contribution >= 4 is 11.6 Å². The second kappa shape index (κ2) is 6.00. The number of carbonyl (C=O) groups excluding carboxylic acids is 1. The summed E-state index contributed by atoms with van der Waals surface area (Å²) in [4.78, 5) is 23.2. The van der Waals surface area contributed by atoms with Crippen molar-refractivity contribution < 1.29 is 9.21 Å². The van der Waals surface area contributed by atoms with Crippen LogP contribution in [0.25, 0.3) is 0 Å². The zero-order valence-electron chi connectivity index (χ0n) is 12.9. The number of carbonyl (C=O) groups is 1. The molecular formula is C17H17N3O3. The van der Waals surface area contributed by atoms with E-state index in [1.54, 1.807) is 0 Å². The number of benzene rings is 1. The standard InChI is InChI=1S/C17H17N3O3/c1-12-15(18-17(22)13-8-9-16(21)23-11-13)10-20(19(12)2)14-6-4-3-5-7-14/h3-9,11H,10H2,1-2H3,(H,18,22). The largest absolute Gasteiger partial charge is 0.430 e. The number of nitrogens with zero attached hydrogens (tertiary/aromatic N) is 2. The van der Waals surface area contributed by atoms with Crippen LogP contribution in [0.1, 0.15) is 17.3 Å². The average molecular weight is 311 g/mol. The molecule has 3 rings (SSSR count). The highest BCUT2D eigenvalue weighted by Crippen LogP contribution is 2.26. The maximum absolute atomic E-state index is 12.3. The fraction of sp³-hybridized carbons (Fsp3) is 0.176. The van der Waals surface area contributed by atoms with E-state index in [9.17, 15) is 9.59 Å². The molecule has 0 bridgehead atoms. The Hall–Kier alpha value is -3.02. The fourth-order valence-corrected chi connectivity index (χ4v) is 2.44. The van der Waals surface area contributed by atoms with Crippen LogP contribution >= 0.6 is 0 Å². The molecule has 0 saturated carbocycles. The number of allylic oxidation sites excluding steroid dienone is 1. The van der Waals surface area contributed by atoms with Crippen molar-refractivity contribution in [3.8, 4) is 0 Å². The van der Waals surface area contributed by atoms with E-state index in [4.69, 9.17) is 4.42 Å². The zero-order valence-corrected chi connectivity index (χ0v) is 12.9. The number of amides is 1. The molecule has 0 fully saturated rings. The number of hydrogen-bond acceptors (Lipinski definition) is 5. The second-order valence-electron chi connectivity index (χ2n) is 5.28. The Morgan fingerprint density at radius 1 is 1.17 bits per heavy atom. The minimum Gasteiger partial charge on any atom is -0.430 e. The molecule has 0 unspecified atom stereocenters. The molecule has 0 radical (unpaired) electrons. The highest BCUT2D eigenvalue weighted by atomic mass is 16.4. The van der Waals surface area contributed by atoms with E-state index in [1.165, 1.54) is 18.4 Å². The third-order valence-corrected chi connectivity index (χ3v) is 3.87. The Bertz CT molecular complexity index is 791. The van der Waals surface area contributed by atoms with Crippen molar-refractivity contribution in [3.05, 3.63) is 76.1 Å². The SMILES string of the molecule is CC1=C(NC(=O)c2ccc(=O)oc2)CN(c2ccccc2)N1C. The maximum atomic E-state index is 12.3. The van der Waals surface area contributed by atoms with Crippen LogP contribution in [0.2, 0.25) is 0 Å². The van der Waals surface area contributed by atoms with Crippen LogP contribution in [-0.4, -0.2) is 24.5 Å². The molecule has 2 heterocycles. The van der Waals surface area contributed by atoms with E-state index in [1.807, 2.05) is 49.3 Å². The van der Waals surface area contributed by atoms with Gasteiger partial charge >= 0.3 is 5.63 Å². The molecule has 0 aliphatic carbocycles. The lowest BCUT2D eigenvalue weighted by Crippen LogP contribution is -2.34. The van der Waals surface area contributed by atoms with E-state index < -0.39 is 5.63 Å². The monoisotopic (exact) mass is 311 g/mol. The lowest BCUT2D eigenvalue weighted by atomic mass is 10.2. The Morgan fingerprint density at radius 3 is 2.57 bits per heavy atom. The van der Waals surface area contributed by atoms with Crippen LogP contribution in [0.4, 0.5) is 5.69 Å². The summed E-state index contributed by atoms with van der Waals surface area (Å²) in [6.45, 7) is 2.51. The first-order chi connectivity index (χ1) is 11.1. The van der Waals surface area contributed by atoms with Gasteiger partial charge in [-0.1, -0.05) is 18.2 Å². The van der Waals surface area contributed by atoms with E-state index in [2.05, 4.69) is 10.3 Å². The summed E-state index contributed by atoms with van der Waals surface area (Å²) in [7, 11) is 1.95. The fourth-order valence-electron chi connectivity index (χ4n) is 2.44.